The molecule has 0 spiro atoms. The topological polar surface area (TPSA) is 95.9 Å². The quantitative estimate of drug-likeness (QED) is 0.0245. The number of hydrogen-bond acceptors (Lipinski definition) is 5. The summed E-state index contributed by atoms with van der Waals surface area (Å²) in [4.78, 5) is 26.2. The van der Waals surface area contributed by atoms with Gasteiger partial charge in [0.1, 0.15) is 6.10 Å². The number of rotatable bonds is 49. The van der Waals surface area contributed by atoms with Crippen LogP contribution < -0.4 is 5.32 Å². The number of esters is 1. The van der Waals surface area contributed by atoms with Crippen molar-refractivity contribution in [3.05, 3.63) is 36.5 Å². The highest BCUT2D eigenvalue weighted by Crippen LogP contribution is 2.18. The lowest BCUT2D eigenvalue weighted by atomic mass is 10.0. The number of hydrogen-bond donors (Lipinski definition) is 3. The Kier molecular flexibility index (Phi) is 48.5. The third-order valence-corrected chi connectivity index (χ3v) is 12.5. The molecule has 0 heterocycles. The van der Waals surface area contributed by atoms with Gasteiger partial charge in [-0.3, -0.25) is 9.59 Å². The van der Waals surface area contributed by atoms with E-state index in [4.69, 9.17) is 4.74 Å². The van der Waals surface area contributed by atoms with Crippen molar-refractivity contribution in [2.24, 2.45) is 0 Å². The van der Waals surface area contributed by atoms with Gasteiger partial charge in [-0.25, -0.2) is 0 Å². The Morgan fingerprint density at radius 2 is 0.823 bits per heavy atom. The van der Waals surface area contributed by atoms with Crippen LogP contribution in [0.25, 0.3) is 0 Å². The third kappa shape index (κ3) is 44.7. The van der Waals surface area contributed by atoms with E-state index in [1.165, 1.54) is 161 Å². The third-order valence-electron chi connectivity index (χ3n) is 12.5. The molecule has 3 atom stereocenters. The molecule has 0 rings (SSSR count). The molecule has 0 fully saturated rings. The van der Waals surface area contributed by atoms with Crippen molar-refractivity contribution in [3.8, 4) is 0 Å². The van der Waals surface area contributed by atoms with E-state index in [-0.39, 0.29) is 24.9 Å². The molecule has 0 aliphatic rings. The molecular formula is C56H105NO5. The summed E-state index contributed by atoms with van der Waals surface area (Å²) in [7, 11) is 0. The first kappa shape index (κ1) is 60.1. The first-order chi connectivity index (χ1) is 30.5. The van der Waals surface area contributed by atoms with Crippen molar-refractivity contribution < 1.29 is 24.5 Å². The molecule has 0 bridgehead atoms. The summed E-state index contributed by atoms with van der Waals surface area (Å²) in [5, 5.41) is 23.8. The normalized spacial score (nSPS) is 13.4. The van der Waals surface area contributed by atoms with Crippen LogP contribution in [0, 0.1) is 0 Å². The number of aliphatic hydroxyl groups is 2. The lowest BCUT2D eigenvalue weighted by Gasteiger charge is -2.24. The molecule has 62 heavy (non-hydrogen) atoms. The highest BCUT2D eigenvalue weighted by Gasteiger charge is 2.24. The van der Waals surface area contributed by atoms with Crippen LogP contribution >= 0.6 is 0 Å². The Balaban J connectivity index is 4.55. The minimum absolute atomic E-state index is 0.0648. The van der Waals surface area contributed by atoms with Gasteiger partial charge in [-0.15, -0.1) is 0 Å². The lowest BCUT2D eigenvalue weighted by molar-refractivity contribution is -0.151. The lowest BCUT2D eigenvalue weighted by Crippen LogP contribution is -2.46. The standard InChI is InChI=1S/C56H105NO5/c1-4-7-10-13-16-19-22-25-27-30-33-36-39-42-45-48-54(59)53(51-58)57-55(60)50-52(47-44-41-38-35-32-29-24-21-18-15-12-9-6-3)62-56(61)49-46-43-40-37-34-31-28-26-23-20-17-14-11-8-5-2/h18,20-21,23-24,29,52-54,58-59H,4-17,19,22,25-28,30-51H2,1-3H3,(H,57,60)/b21-18+,23-20-,29-24+. The Hall–Kier alpha value is -1.92. The molecule has 0 aromatic carbocycles. The summed E-state index contributed by atoms with van der Waals surface area (Å²) in [6.07, 6.45) is 59.1. The van der Waals surface area contributed by atoms with Crippen molar-refractivity contribution in [2.75, 3.05) is 6.61 Å². The molecule has 0 saturated carbocycles. The van der Waals surface area contributed by atoms with E-state index in [1.54, 1.807) is 0 Å². The molecule has 0 aliphatic heterocycles. The van der Waals surface area contributed by atoms with E-state index in [9.17, 15) is 19.8 Å². The van der Waals surface area contributed by atoms with Crippen LogP contribution in [0.1, 0.15) is 284 Å². The van der Waals surface area contributed by atoms with Crippen molar-refractivity contribution in [1.82, 2.24) is 5.32 Å². The zero-order valence-corrected chi connectivity index (χ0v) is 41.5. The van der Waals surface area contributed by atoms with Gasteiger partial charge < -0.3 is 20.3 Å². The van der Waals surface area contributed by atoms with Crippen LogP contribution in [0.3, 0.4) is 0 Å². The maximum atomic E-state index is 13.2. The zero-order valence-electron chi connectivity index (χ0n) is 41.5. The van der Waals surface area contributed by atoms with E-state index in [2.05, 4.69) is 62.5 Å². The number of carbonyl (C=O) groups excluding carboxylic acids is 2. The minimum Gasteiger partial charge on any atom is -0.462 e. The van der Waals surface area contributed by atoms with Crippen LogP contribution in [-0.2, 0) is 14.3 Å². The fourth-order valence-electron chi connectivity index (χ4n) is 8.30. The zero-order chi connectivity index (χ0) is 45.2. The largest absolute Gasteiger partial charge is 0.462 e. The Labute approximate surface area is 385 Å². The number of ether oxygens (including phenoxy) is 1. The Morgan fingerprint density at radius 3 is 1.29 bits per heavy atom. The second-order valence-corrected chi connectivity index (χ2v) is 18.7. The number of nitrogens with one attached hydrogen (secondary N) is 1. The second-order valence-electron chi connectivity index (χ2n) is 18.7. The second kappa shape index (κ2) is 50.1. The number of amides is 1. The van der Waals surface area contributed by atoms with E-state index < -0.39 is 18.2 Å². The molecule has 6 nitrogen and oxygen atoms in total. The minimum atomic E-state index is -0.792. The number of allylic oxidation sites excluding steroid dienone is 6. The van der Waals surface area contributed by atoms with Crippen molar-refractivity contribution in [1.29, 1.82) is 0 Å². The first-order valence-corrected chi connectivity index (χ1v) is 27.2. The van der Waals surface area contributed by atoms with Gasteiger partial charge in [-0.05, 0) is 77.0 Å². The van der Waals surface area contributed by atoms with E-state index >= 15 is 0 Å². The predicted octanol–water partition coefficient (Wildman–Crippen LogP) is 16.5. The fraction of sp³-hybridized carbons (Fsp3) is 0.857. The summed E-state index contributed by atoms with van der Waals surface area (Å²) in [5.41, 5.74) is 0. The van der Waals surface area contributed by atoms with Gasteiger partial charge >= 0.3 is 5.97 Å². The molecule has 0 aromatic rings. The molecule has 364 valence electrons. The van der Waals surface area contributed by atoms with Gasteiger partial charge in [0, 0.05) is 6.42 Å². The average Bonchev–Trinajstić information content (AvgIpc) is 3.26. The molecule has 3 unspecified atom stereocenters. The molecular weight excluding hydrogens is 767 g/mol. The smallest absolute Gasteiger partial charge is 0.306 e. The van der Waals surface area contributed by atoms with Gasteiger partial charge in [0.25, 0.3) is 0 Å². The molecule has 0 aromatic heterocycles. The van der Waals surface area contributed by atoms with Gasteiger partial charge in [0.05, 0.1) is 25.2 Å². The van der Waals surface area contributed by atoms with E-state index in [0.717, 1.165) is 77.0 Å². The maximum Gasteiger partial charge on any atom is 0.306 e. The molecule has 6 heteroatoms. The Morgan fingerprint density at radius 1 is 0.468 bits per heavy atom. The fourth-order valence-corrected chi connectivity index (χ4v) is 8.30. The van der Waals surface area contributed by atoms with E-state index in [0.29, 0.717) is 19.3 Å². The number of carbonyl (C=O) groups is 2. The van der Waals surface area contributed by atoms with Gasteiger partial charge in [-0.1, -0.05) is 231 Å². The number of aliphatic hydroxyl groups excluding tert-OH is 2. The molecule has 1 amide bonds. The average molecular weight is 872 g/mol. The Bertz CT molecular complexity index is 1020. The maximum absolute atomic E-state index is 13.2. The first-order valence-electron chi connectivity index (χ1n) is 27.2. The molecule has 0 radical (unpaired) electrons. The van der Waals surface area contributed by atoms with Crippen molar-refractivity contribution in [2.45, 2.75) is 302 Å². The summed E-state index contributed by atoms with van der Waals surface area (Å²) in [6, 6.07) is -0.707. The summed E-state index contributed by atoms with van der Waals surface area (Å²) in [5.74, 6) is -0.489. The summed E-state index contributed by atoms with van der Waals surface area (Å²) in [6.45, 7) is 6.45. The summed E-state index contributed by atoms with van der Waals surface area (Å²) >= 11 is 0. The van der Waals surface area contributed by atoms with E-state index in [1.807, 2.05) is 0 Å². The predicted molar refractivity (Wildman–Crippen MR) is 269 cm³/mol. The number of unbranched alkanes of at least 4 members (excludes halogenated alkanes) is 32. The molecule has 3 N–H and O–H groups in total. The van der Waals surface area contributed by atoms with Gasteiger partial charge in [-0.2, -0.15) is 0 Å². The van der Waals surface area contributed by atoms with Gasteiger partial charge in [0.2, 0.25) is 5.91 Å². The van der Waals surface area contributed by atoms with Crippen LogP contribution in [0.4, 0.5) is 0 Å². The van der Waals surface area contributed by atoms with Crippen LogP contribution in [0.5, 0.6) is 0 Å². The van der Waals surface area contributed by atoms with Crippen LogP contribution in [0.2, 0.25) is 0 Å². The molecule has 0 aliphatic carbocycles. The van der Waals surface area contributed by atoms with Crippen molar-refractivity contribution in [3.63, 3.8) is 0 Å². The van der Waals surface area contributed by atoms with Crippen molar-refractivity contribution >= 4 is 11.9 Å². The van der Waals surface area contributed by atoms with Gasteiger partial charge in [0.15, 0.2) is 0 Å². The highest BCUT2D eigenvalue weighted by atomic mass is 16.5. The molecule has 0 saturated heterocycles. The monoisotopic (exact) mass is 872 g/mol. The van der Waals surface area contributed by atoms with Crippen LogP contribution in [0.15, 0.2) is 36.5 Å². The summed E-state index contributed by atoms with van der Waals surface area (Å²) < 4.78 is 5.93. The highest BCUT2D eigenvalue weighted by molar-refractivity contribution is 5.77. The van der Waals surface area contributed by atoms with Crippen LogP contribution in [-0.4, -0.2) is 46.9 Å². The SMILES string of the molecule is CCCCC/C=C/C=C/CCCCCCC(CC(=O)NC(CO)C(O)CCCCCCCCCCCCCCCCC)OC(=O)CCCCCCCCC/C=C\CCCCCC.